The number of benzene rings is 1. The van der Waals surface area contributed by atoms with Crippen LogP contribution in [0.4, 0.5) is 0 Å². The molecule has 1 aromatic rings. The average molecular weight is 200 g/mol. The van der Waals surface area contributed by atoms with Crippen LogP contribution < -0.4 is 4.74 Å². The minimum atomic E-state index is 0.513. The molecule has 0 saturated carbocycles. The van der Waals surface area contributed by atoms with Crippen LogP contribution in [0.5, 0.6) is 5.75 Å². The monoisotopic (exact) mass is 199 g/mol. The molecule has 0 spiro atoms. The molecule has 0 aromatic heterocycles. The van der Waals surface area contributed by atoms with Gasteiger partial charge in [0, 0.05) is 0 Å². The zero-order valence-electron chi connectivity index (χ0n) is 7.20. The summed E-state index contributed by atoms with van der Waals surface area (Å²) < 4.78 is 5.23. The van der Waals surface area contributed by atoms with Crippen molar-refractivity contribution in [1.29, 1.82) is 0 Å². The Labute approximate surface area is 81.6 Å². The van der Waals surface area contributed by atoms with Crippen molar-refractivity contribution in [3.8, 4) is 5.75 Å². The summed E-state index contributed by atoms with van der Waals surface area (Å²) >= 11 is 5.88. The molecule has 0 fully saturated rings. The summed E-state index contributed by atoms with van der Waals surface area (Å²) in [4.78, 5) is 0. The Hall–Kier alpha value is -1.22. The number of hydrogen-bond donors (Lipinski definition) is 1. The normalized spacial score (nSPS) is 10.6. The van der Waals surface area contributed by atoms with E-state index in [1.54, 1.807) is 18.2 Å². The van der Waals surface area contributed by atoms with E-state index in [1.807, 2.05) is 6.92 Å². The molecule has 13 heavy (non-hydrogen) atoms. The van der Waals surface area contributed by atoms with Gasteiger partial charge < -0.3 is 9.94 Å². The Kier molecular flexibility index (Phi) is 3.58. The molecule has 1 rings (SSSR count). The Morgan fingerprint density at radius 2 is 2.38 bits per heavy atom. The number of hydrogen-bond acceptors (Lipinski definition) is 3. The van der Waals surface area contributed by atoms with Gasteiger partial charge in [-0.25, -0.2) is 0 Å². The molecule has 1 aromatic carbocycles. The highest BCUT2D eigenvalue weighted by Crippen LogP contribution is 2.24. The highest BCUT2D eigenvalue weighted by Gasteiger charge is 2.00. The standard InChI is InChI=1S/C9H10ClNO2/c1-2-13-9-4-3-7(6-11-12)5-8(9)10/h3-6,12H,2H2,1H3/b11-6+. The summed E-state index contributed by atoms with van der Waals surface area (Å²) in [6.45, 7) is 2.46. The van der Waals surface area contributed by atoms with Crippen molar-refractivity contribution in [2.75, 3.05) is 6.61 Å². The van der Waals surface area contributed by atoms with Crippen molar-refractivity contribution in [3.05, 3.63) is 28.8 Å². The van der Waals surface area contributed by atoms with Gasteiger partial charge in [0.2, 0.25) is 0 Å². The van der Waals surface area contributed by atoms with E-state index >= 15 is 0 Å². The molecule has 0 aliphatic carbocycles. The van der Waals surface area contributed by atoms with Gasteiger partial charge in [-0.2, -0.15) is 0 Å². The summed E-state index contributed by atoms with van der Waals surface area (Å²) in [6.07, 6.45) is 1.31. The van der Waals surface area contributed by atoms with Crippen molar-refractivity contribution in [2.45, 2.75) is 6.92 Å². The van der Waals surface area contributed by atoms with E-state index in [4.69, 9.17) is 21.5 Å². The van der Waals surface area contributed by atoms with Crippen LogP contribution in [0.25, 0.3) is 0 Å². The fourth-order valence-electron chi connectivity index (χ4n) is 0.937. The lowest BCUT2D eigenvalue weighted by Gasteiger charge is -2.04. The quantitative estimate of drug-likeness (QED) is 0.462. The highest BCUT2D eigenvalue weighted by atomic mass is 35.5. The van der Waals surface area contributed by atoms with Gasteiger partial charge in [-0.1, -0.05) is 16.8 Å². The van der Waals surface area contributed by atoms with Crippen LogP contribution in [0.3, 0.4) is 0 Å². The Morgan fingerprint density at radius 1 is 1.62 bits per heavy atom. The summed E-state index contributed by atoms with van der Waals surface area (Å²) in [5.41, 5.74) is 0.732. The van der Waals surface area contributed by atoms with E-state index in [-0.39, 0.29) is 0 Å². The molecule has 1 N–H and O–H groups in total. The van der Waals surface area contributed by atoms with Gasteiger partial charge in [0.1, 0.15) is 5.75 Å². The molecule has 0 atom stereocenters. The molecular weight excluding hydrogens is 190 g/mol. The smallest absolute Gasteiger partial charge is 0.137 e. The molecule has 70 valence electrons. The van der Waals surface area contributed by atoms with E-state index in [1.165, 1.54) is 6.21 Å². The third-order valence-corrected chi connectivity index (χ3v) is 1.76. The van der Waals surface area contributed by atoms with Crippen LogP contribution in [0, 0.1) is 0 Å². The van der Waals surface area contributed by atoms with Crippen molar-refractivity contribution < 1.29 is 9.94 Å². The fraction of sp³-hybridized carbons (Fsp3) is 0.222. The molecule has 0 unspecified atom stereocenters. The van der Waals surface area contributed by atoms with Crippen molar-refractivity contribution in [1.82, 2.24) is 0 Å². The van der Waals surface area contributed by atoms with Crippen LogP contribution >= 0.6 is 11.6 Å². The third-order valence-electron chi connectivity index (χ3n) is 1.46. The SMILES string of the molecule is CCOc1ccc(/C=N/O)cc1Cl. The Balaban J connectivity index is 2.91. The van der Waals surface area contributed by atoms with E-state index in [0.29, 0.717) is 17.4 Å². The van der Waals surface area contributed by atoms with Gasteiger partial charge in [0.05, 0.1) is 17.8 Å². The minimum absolute atomic E-state index is 0.513. The lowest BCUT2D eigenvalue weighted by Crippen LogP contribution is -1.92. The lowest BCUT2D eigenvalue weighted by molar-refractivity contribution is 0.322. The lowest BCUT2D eigenvalue weighted by atomic mass is 10.2. The van der Waals surface area contributed by atoms with Gasteiger partial charge in [0.15, 0.2) is 0 Å². The molecule has 0 bridgehead atoms. The second-order valence-corrected chi connectivity index (χ2v) is 2.77. The van der Waals surface area contributed by atoms with E-state index in [9.17, 15) is 0 Å². The van der Waals surface area contributed by atoms with Crippen molar-refractivity contribution >= 4 is 17.8 Å². The van der Waals surface area contributed by atoms with Crippen LogP contribution in [0.15, 0.2) is 23.4 Å². The van der Waals surface area contributed by atoms with Gasteiger partial charge in [0.25, 0.3) is 0 Å². The molecule has 0 saturated heterocycles. The predicted octanol–water partition coefficient (Wildman–Crippen LogP) is 2.55. The second kappa shape index (κ2) is 4.72. The molecule has 0 heterocycles. The largest absolute Gasteiger partial charge is 0.492 e. The average Bonchev–Trinajstić information content (AvgIpc) is 2.10. The maximum Gasteiger partial charge on any atom is 0.137 e. The van der Waals surface area contributed by atoms with Gasteiger partial charge in [-0.3, -0.25) is 0 Å². The van der Waals surface area contributed by atoms with Crippen molar-refractivity contribution in [3.63, 3.8) is 0 Å². The van der Waals surface area contributed by atoms with Gasteiger partial charge >= 0.3 is 0 Å². The fourth-order valence-corrected chi connectivity index (χ4v) is 1.18. The second-order valence-electron chi connectivity index (χ2n) is 2.37. The van der Waals surface area contributed by atoms with Gasteiger partial charge in [-0.15, -0.1) is 0 Å². The zero-order chi connectivity index (χ0) is 9.68. The number of halogens is 1. The van der Waals surface area contributed by atoms with Crippen LogP contribution in [-0.2, 0) is 0 Å². The highest BCUT2D eigenvalue weighted by molar-refractivity contribution is 6.32. The first-order valence-electron chi connectivity index (χ1n) is 3.87. The van der Waals surface area contributed by atoms with E-state index < -0.39 is 0 Å². The minimum Gasteiger partial charge on any atom is -0.492 e. The molecule has 0 aliphatic heterocycles. The zero-order valence-corrected chi connectivity index (χ0v) is 7.95. The summed E-state index contributed by atoms with van der Waals surface area (Å²) in [5, 5.41) is 11.7. The molecular formula is C9H10ClNO2. The predicted molar refractivity (Wildman–Crippen MR) is 52.0 cm³/mol. The molecule has 4 heteroatoms. The van der Waals surface area contributed by atoms with E-state index in [2.05, 4.69) is 5.16 Å². The Bertz CT molecular complexity index is 312. The first-order chi connectivity index (χ1) is 6.27. The number of oxime groups is 1. The number of ether oxygens (including phenoxy) is 1. The van der Waals surface area contributed by atoms with Crippen LogP contribution in [-0.4, -0.2) is 18.0 Å². The third kappa shape index (κ3) is 2.63. The maximum absolute atomic E-state index is 8.28. The summed E-state index contributed by atoms with van der Waals surface area (Å²) in [7, 11) is 0. The van der Waals surface area contributed by atoms with Crippen molar-refractivity contribution in [2.24, 2.45) is 5.16 Å². The molecule has 3 nitrogen and oxygen atoms in total. The number of nitrogens with zero attached hydrogens (tertiary/aromatic N) is 1. The van der Waals surface area contributed by atoms with E-state index in [0.717, 1.165) is 5.56 Å². The summed E-state index contributed by atoms with van der Waals surface area (Å²) in [6, 6.07) is 5.17. The maximum atomic E-state index is 8.28. The first kappa shape index (κ1) is 9.86. The topological polar surface area (TPSA) is 41.8 Å². The first-order valence-corrected chi connectivity index (χ1v) is 4.25. The molecule has 0 radical (unpaired) electrons. The number of rotatable bonds is 3. The summed E-state index contributed by atoms with van der Waals surface area (Å²) in [5.74, 6) is 0.638. The van der Waals surface area contributed by atoms with Crippen LogP contribution in [0.2, 0.25) is 5.02 Å². The Morgan fingerprint density at radius 3 is 2.92 bits per heavy atom. The van der Waals surface area contributed by atoms with Gasteiger partial charge in [-0.05, 0) is 30.7 Å². The van der Waals surface area contributed by atoms with Crippen LogP contribution in [0.1, 0.15) is 12.5 Å². The molecule has 0 aliphatic rings. The molecule has 0 amide bonds.